The van der Waals surface area contributed by atoms with Crippen molar-refractivity contribution in [2.75, 3.05) is 37.3 Å². The van der Waals surface area contributed by atoms with Gasteiger partial charge in [-0.05, 0) is 115 Å². The van der Waals surface area contributed by atoms with Crippen LogP contribution in [0.1, 0.15) is 246 Å². The number of aromatic nitrogens is 1. The molecule has 0 atom stereocenters. The number of unbranched alkanes of at least 4 members (excludes halogenated alkanes) is 6. The highest BCUT2D eigenvalue weighted by atomic mass is 79.9. The number of nitrogens with two attached hydrogens (primary N) is 1. The summed E-state index contributed by atoms with van der Waals surface area (Å²) in [7, 11) is 3.70. The fraction of sp³-hybridized carbons (Fsp3) is 0.750. The Balaban J connectivity index is -0.000000215. The van der Waals surface area contributed by atoms with Crippen molar-refractivity contribution < 1.29 is 33.6 Å². The maximum atomic E-state index is 11.1. The lowest BCUT2D eigenvalue weighted by Gasteiger charge is -2.13. The fourth-order valence-electron chi connectivity index (χ4n) is 6.77. The number of hydrazine groups is 1. The molecule has 0 bridgehead atoms. The van der Waals surface area contributed by atoms with Gasteiger partial charge in [-0.1, -0.05) is 234 Å². The van der Waals surface area contributed by atoms with E-state index in [1.54, 1.807) is 10.8 Å². The summed E-state index contributed by atoms with van der Waals surface area (Å²) in [4.78, 5) is 87.0. The van der Waals surface area contributed by atoms with Crippen molar-refractivity contribution in [1.29, 1.82) is 0 Å². The molecule has 0 aromatic carbocycles. The zero-order chi connectivity index (χ0) is 66.9. The maximum Gasteiger partial charge on any atom is 0.253 e. The van der Waals surface area contributed by atoms with E-state index >= 15 is 0 Å². The van der Waals surface area contributed by atoms with Crippen LogP contribution < -0.4 is 16.6 Å². The number of Topliss-reactive ketones (excluding diaryl/α,β-unsaturated/α-hetero) is 1. The third-order valence-electron chi connectivity index (χ3n) is 12.1. The van der Waals surface area contributed by atoms with Gasteiger partial charge in [-0.3, -0.25) is 39.1 Å². The molecule has 1 aliphatic heterocycles. The molecule has 0 unspecified atom stereocenters. The number of nitrogens with one attached hydrogen (secondary N) is 2. The molecule has 4 amide bonds. The van der Waals surface area contributed by atoms with Crippen LogP contribution in [0.4, 0.5) is 0 Å². The van der Waals surface area contributed by atoms with Crippen LogP contribution in [0.5, 0.6) is 0 Å². The highest BCUT2D eigenvalue weighted by Crippen LogP contribution is 2.30. The van der Waals surface area contributed by atoms with Gasteiger partial charge in [0.15, 0.2) is 5.78 Å². The highest BCUT2D eigenvalue weighted by Gasteiger charge is 2.22. The number of isothiocyanates is 1. The first kappa shape index (κ1) is 93.5. The average molecular weight is 1330 g/mol. The van der Waals surface area contributed by atoms with Gasteiger partial charge in [-0.15, -0.1) is 0 Å². The van der Waals surface area contributed by atoms with Crippen molar-refractivity contribution in [3.63, 3.8) is 0 Å². The smallest absolute Gasteiger partial charge is 0.253 e. The van der Waals surface area contributed by atoms with Crippen molar-refractivity contribution >= 4 is 96.2 Å². The number of pyridine rings is 1. The number of ketones is 2. The molecular formula is C68H124BrN7O7S3. The Morgan fingerprint density at radius 1 is 0.663 bits per heavy atom. The number of amides is 4. The van der Waals surface area contributed by atoms with Gasteiger partial charge < -0.3 is 5.32 Å². The minimum atomic E-state index is -0.167. The van der Waals surface area contributed by atoms with Crippen molar-refractivity contribution in [3.05, 3.63) is 49.2 Å². The summed E-state index contributed by atoms with van der Waals surface area (Å²) in [6.45, 7) is 42.3. The summed E-state index contributed by atoms with van der Waals surface area (Å²) < 4.78 is 0. The van der Waals surface area contributed by atoms with Crippen LogP contribution in [0.3, 0.4) is 0 Å². The molecule has 86 heavy (non-hydrogen) atoms. The largest absolute Gasteiger partial charge is 0.355 e. The second-order valence-corrected chi connectivity index (χ2v) is 27.2. The zero-order valence-corrected chi connectivity index (χ0v) is 61.1. The quantitative estimate of drug-likeness (QED) is 0.00486. The molecule has 4 N–H and O–H groups in total. The van der Waals surface area contributed by atoms with E-state index in [9.17, 15) is 33.6 Å². The number of halogens is 1. The van der Waals surface area contributed by atoms with Crippen LogP contribution in [-0.4, -0.2) is 93.6 Å². The van der Waals surface area contributed by atoms with Gasteiger partial charge in [0.25, 0.3) is 11.8 Å². The molecule has 0 saturated carbocycles. The second-order valence-electron chi connectivity index (χ2n) is 24.1. The highest BCUT2D eigenvalue weighted by molar-refractivity contribution is 9.09. The Hall–Kier alpha value is -3.63. The molecule has 18 heteroatoms. The SMILES string of the molecule is C=CC(=O)C(C)C.CC(C)CCCCC(=O)NN.CC(C)CCCCN1C(=O)C=CC1=O.CC(C)CCCCN=C=O.CC(C)CCCCN=C=S.CC(C)CCCCNC(=O)CBr.CC(C)CCCCSSc1ccccn1.CCC(=O)C(C)C. The number of carbonyl (C=O) groups excluding carboxylic acids is 7. The summed E-state index contributed by atoms with van der Waals surface area (Å²) in [6.07, 6.45) is 29.8. The Kier molecular flexibility index (Phi) is 76.6. The number of carbonyl (C=O) groups is 6. The van der Waals surface area contributed by atoms with Gasteiger partial charge >= 0.3 is 0 Å². The fourth-order valence-corrected chi connectivity index (χ4v) is 9.09. The number of hydrogen-bond acceptors (Lipinski definition) is 14. The minimum Gasteiger partial charge on any atom is -0.355 e. The number of hydrogen-bond donors (Lipinski definition) is 3. The molecular weight excluding hydrogens is 1200 g/mol. The molecule has 2 rings (SSSR count). The number of allylic oxidation sites excluding steroid dienone is 1. The Labute approximate surface area is 547 Å². The van der Waals surface area contributed by atoms with E-state index in [1.807, 2.05) is 63.7 Å². The number of alkyl halides is 1. The van der Waals surface area contributed by atoms with E-state index in [0.29, 0.717) is 43.0 Å². The Morgan fingerprint density at radius 2 is 1.12 bits per heavy atom. The van der Waals surface area contributed by atoms with Gasteiger partial charge in [0, 0.05) is 68.4 Å². The van der Waals surface area contributed by atoms with Gasteiger partial charge in [-0.25, -0.2) is 25.6 Å². The summed E-state index contributed by atoms with van der Waals surface area (Å²) in [6, 6.07) is 6.05. The van der Waals surface area contributed by atoms with E-state index in [-0.39, 0.29) is 41.2 Å². The molecule has 0 spiro atoms. The van der Waals surface area contributed by atoms with Gasteiger partial charge in [-0.2, -0.15) is 0 Å². The number of nitrogens with zero attached hydrogens (tertiary/aromatic N) is 4. The lowest BCUT2D eigenvalue weighted by atomic mass is 10.1. The molecule has 14 nitrogen and oxygen atoms in total. The van der Waals surface area contributed by atoms with Crippen LogP contribution >= 0.6 is 49.7 Å². The average Bonchev–Trinajstić information content (AvgIpc) is 3.90. The molecule has 1 aromatic heterocycles. The molecule has 1 aliphatic rings. The zero-order valence-electron chi connectivity index (χ0n) is 57.1. The third kappa shape index (κ3) is 82.4. The molecule has 498 valence electrons. The molecule has 0 aliphatic carbocycles. The molecule has 0 fully saturated rings. The van der Waals surface area contributed by atoms with Crippen molar-refractivity contribution in [2.45, 2.75) is 251 Å². The van der Waals surface area contributed by atoms with Crippen LogP contribution in [-0.2, 0) is 33.6 Å². The standard InChI is InChI=1S/C12H19NS2.C11H17NO2.C9H18BrNO.C8H18N2O.C8H15NO.C8H15NS.C6H12O.C6H10O/c1-11(2)7-4-6-10-14-15-12-8-3-5-9-13-12;1-9(2)5-3-4-8-12-10(13)6-7-11(12)14;1-8(2)5-3-4-6-11-9(12)7-10;1-7(2)5-3-4-6-8(11)10-9;2*1-8(2)5-3-4-6-9-7-10;2*1-4-6(7)5(2)3/h3,5,8-9,11H,4,6-7,10H2,1-2H3;6-7,9H,3-5,8H2,1-2H3;8H,3-7H2,1-2H3,(H,11,12);7H,3-6,9H2,1-2H3,(H,10,11);2*8H,3-6H2,1-2H3;5H,4H2,1-3H3;4-5H,1H2,2-3H3. The van der Waals surface area contributed by atoms with E-state index in [0.717, 1.165) is 99.1 Å². The van der Waals surface area contributed by atoms with Crippen LogP contribution in [0.15, 0.2) is 64.2 Å². The molecule has 1 aromatic rings. The van der Waals surface area contributed by atoms with Crippen molar-refractivity contribution in [3.8, 4) is 0 Å². The van der Waals surface area contributed by atoms with Gasteiger partial charge in [0.05, 0.1) is 17.0 Å². The topological polar surface area (TPSA) is 210 Å². The predicted molar refractivity (Wildman–Crippen MR) is 377 cm³/mol. The lowest BCUT2D eigenvalue weighted by Crippen LogP contribution is -2.30. The van der Waals surface area contributed by atoms with Gasteiger partial charge in [0.1, 0.15) is 10.8 Å². The first-order valence-electron chi connectivity index (χ1n) is 32.0. The maximum absolute atomic E-state index is 11.1. The summed E-state index contributed by atoms with van der Waals surface area (Å²) in [5.74, 6) is 11.3. The van der Waals surface area contributed by atoms with Crippen molar-refractivity contribution in [1.82, 2.24) is 20.6 Å². The molecule has 0 saturated heterocycles. The summed E-state index contributed by atoms with van der Waals surface area (Å²) in [5.41, 5.74) is 2.11. The number of isocyanates is 1. The predicted octanol–water partition coefficient (Wildman–Crippen LogP) is 18.0. The number of aliphatic imine (C=N–C) groups is 2. The van der Waals surface area contributed by atoms with Crippen LogP contribution in [0.2, 0.25) is 0 Å². The number of rotatable bonds is 37. The summed E-state index contributed by atoms with van der Waals surface area (Å²) in [5, 5.41) is 6.72. The minimum absolute atomic E-state index is 0.0613. The van der Waals surface area contributed by atoms with E-state index < -0.39 is 0 Å². The molecule has 0 radical (unpaired) electrons. The van der Waals surface area contributed by atoms with Crippen LogP contribution in [0, 0.1) is 47.3 Å². The summed E-state index contributed by atoms with van der Waals surface area (Å²) >= 11 is 7.53. The van der Waals surface area contributed by atoms with E-state index in [4.69, 9.17) is 5.84 Å². The Bertz CT molecular complexity index is 1880. The van der Waals surface area contributed by atoms with E-state index in [1.165, 1.54) is 99.2 Å². The monoisotopic (exact) mass is 1330 g/mol. The second kappa shape index (κ2) is 70.5. The van der Waals surface area contributed by atoms with E-state index in [2.05, 4.69) is 155 Å². The number of imide groups is 1. The first-order valence-corrected chi connectivity index (χ1v) is 35.8. The normalized spacial score (nSPS) is 11.0. The van der Waals surface area contributed by atoms with Crippen LogP contribution in [0.25, 0.3) is 0 Å². The number of thiocarbonyl (C=S) groups is 1. The van der Waals surface area contributed by atoms with Crippen molar-refractivity contribution in [2.24, 2.45) is 63.2 Å². The first-order chi connectivity index (χ1) is 40.6. The van der Waals surface area contributed by atoms with Gasteiger partial charge in [0.2, 0.25) is 17.9 Å². The Morgan fingerprint density at radius 3 is 1.48 bits per heavy atom. The third-order valence-corrected chi connectivity index (χ3v) is 15.1. The molecule has 2 heterocycles. The lowest BCUT2D eigenvalue weighted by molar-refractivity contribution is -0.137.